The third-order valence-electron chi connectivity index (χ3n) is 6.01. The predicted octanol–water partition coefficient (Wildman–Crippen LogP) is 5.97. The van der Waals surface area contributed by atoms with Crippen LogP contribution in [0.15, 0.2) is 101 Å². The van der Waals surface area contributed by atoms with Gasteiger partial charge in [0, 0.05) is 40.1 Å². The van der Waals surface area contributed by atoms with Gasteiger partial charge in [-0.25, -0.2) is 8.42 Å². The first-order valence-electron chi connectivity index (χ1n) is 11.5. The van der Waals surface area contributed by atoms with Crippen LogP contribution in [0.4, 0.5) is 17.1 Å². The predicted molar refractivity (Wildman–Crippen MR) is 147 cm³/mol. The van der Waals surface area contributed by atoms with Crippen LogP contribution in [-0.4, -0.2) is 24.1 Å². The lowest BCUT2D eigenvalue weighted by molar-refractivity contribution is -0.384. The first-order chi connectivity index (χ1) is 17.9. The topological polar surface area (TPSA) is 119 Å². The molecule has 0 aliphatic rings. The summed E-state index contributed by atoms with van der Waals surface area (Å²) in [6.45, 7) is 2.95. The summed E-state index contributed by atoms with van der Waals surface area (Å²) >= 11 is 0. The molecular formula is C27H23N5O4S. The van der Waals surface area contributed by atoms with Gasteiger partial charge < -0.3 is 4.57 Å². The Kier molecular flexibility index (Phi) is 6.33. The number of rotatable bonds is 8. The van der Waals surface area contributed by atoms with Crippen molar-refractivity contribution in [2.45, 2.75) is 18.4 Å². The molecule has 5 aromatic rings. The maximum Gasteiger partial charge on any atom is 0.295 e. The minimum atomic E-state index is -4.01. The fourth-order valence-corrected chi connectivity index (χ4v) is 5.39. The highest BCUT2D eigenvalue weighted by Crippen LogP contribution is 2.30. The molecular weight excluding hydrogens is 490 g/mol. The number of benzene rings is 4. The quantitative estimate of drug-likeness (QED) is 0.151. The van der Waals surface area contributed by atoms with Gasteiger partial charge in [0.05, 0.1) is 16.0 Å². The van der Waals surface area contributed by atoms with Crippen molar-refractivity contribution in [1.29, 1.82) is 0 Å². The summed E-state index contributed by atoms with van der Waals surface area (Å²) in [4.78, 5) is 10.8. The molecule has 2 N–H and O–H groups in total. The van der Waals surface area contributed by atoms with Gasteiger partial charge in [-0.05, 0) is 55.0 Å². The van der Waals surface area contributed by atoms with E-state index >= 15 is 0 Å². The monoisotopic (exact) mass is 513 g/mol. The molecule has 0 amide bonds. The second-order valence-corrected chi connectivity index (χ2v) is 10.00. The molecule has 1 aromatic heterocycles. The smallest absolute Gasteiger partial charge is 0.295 e. The summed E-state index contributed by atoms with van der Waals surface area (Å²) in [5.41, 5.74) is 5.78. The zero-order valence-electron chi connectivity index (χ0n) is 19.8. The molecule has 0 fully saturated rings. The fourth-order valence-electron chi connectivity index (χ4n) is 4.31. The molecule has 10 heteroatoms. The maximum absolute atomic E-state index is 12.7. The van der Waals surface area contributed by atoms with Gasteiger partial charge in [0.25, 0.3) is 15.7 Å². The Hall–Kier alpha value is -4.70. The van der Waals surface area contributed by atoms with Crippen molar-refractivity contribution in [3.63, 3.8) is 0 Å². The van der Waals surface area contributed by atoms with Crippen LogP contribution in [0.3, 0.4) is 0 Å². The van der Waals surface area contributed by atoms with Crippen molar-refractivity contribution in [1.82, 2.24) is 4.57 Å². The van der Waals surface area contributed by atoms with Crippen molar-refractivity contribution in [3.05, 3.63) is 107 Å². The van der Waals surface area contributed by atoms with Crippen molar-refractivity contribution in [3.8, 4) is 0 Å². The minimum absolute atomic E-state index is 0.0728. The van der Waals surface area contributed by atoms with E-state index in [9.17, 15) is 18.5 Å². The highest BCUT2D eigenvalue weighted by molar-refractivity contribution is 7.92. The summed E-state index contributed by atoms with van der Waals surface area (Å²) in [5, 5.41) is 18.1. The van der Waals surface area contributed by atoms with E-state index in [-0.39, 0.29) is 10.6 Å². The average Bonchev–Trinajstić information content (AvgIpc) is 3.22. The van der Waals surface area contributed by atoms with E-state index in [1.165, 1.54) is 12.1 Å². The molecule has 186 valence electrons. The molecule has 0 radical (unpaired) electrons. The van der Waals surface area contributed by atoms with E-state index in [0.29, 0.717) is 5.69 Å². The molecule has 0 bridgehead atoms. The number of aryl methyl sites for hydroxylation is 1. The summed E-state index contributed by atoms with van der Waals surface area (Å²) < 4.78 is 30.1. The van der Waals surface area contributed by atoms with E-state index < -0.39 is 20.6 Å². The highest BCUT2D eigenvalue weighted by atomic mass is 32.2. The van der Waals surface area contributed by atoms with Gasteiger partial charge in [0.1, 0.15) is 5.69 Å². The number of sulfonamides is 1. The van der Waals surface area contributed by atoms with Crippen LogP contribution in [0.1, 0.15) is 12.5 Å². The molecule has 0 saturated heterocycles. The minimum Gasteiger partial charge on any atom is -0.341 e. The van der Waals surface area contributed by atoms with Gasteiger partial charge in [0.15, 0.2) is 0 Å². The Bertz CT molecular complexity index is 1760. The molecule has 9 nitrogen and oxygen atoms in total. The van der Waals surface area contributed by atoms with Crippen LogP contribution < -0.4 is 10.1 Å². The Morgan fingerprint density at radius 3 is 2.41 bits per heavy atom. The standard InChI is InChI=1S/C27H23N5O4S/c1-2-31-25-11-7-6-10-22(25)23-16-19(12-15-26(23)31)18-28-29-24-14-13-21(17-27(24)32(33)34)37(35,36)30-20-8-4-3-5-9-20/h3-18,29-30H,2H2,1H3/b28-18-. The SMILES string of the molecule is CCn1c2ccccc2c2cc(/C=N\Nc3ccc(S(=O)(=O)Nc4ccccc4)cc3[N+](=O)[O-])ccc21. The number of hydrogen-bond acceptors (Lipinski definition) is 6. The van der Waals surface area contributed by atoms with Gasteiger partial charge in [-0.3, -0.25) is 20.3 Å². The lowest BCUT2D eigenvalue weighted by Crippen LogP contribution is -2.13. The Labute approximate surface area is 213 Å². The summed E-state index contributed by atoms with van der Waals surface area (Å²) in [5.74, 6) is 0. The summed E-state index contributed by atoms with van der Waals surface area (Å²) in [7, 11) is -4.01. The van der Waals surface area contributed by atoms with Crippen molar-refractivity contribution < 1.29 is 13.3 Å². The molecule has 0 aliphatic heterocycles. The number of nitro groups is 1. The van der Waals surface area contributed by atoms with E-state index in [1.807, 2.05) is 30.3 Å². The Morgan fingerprint density at radius 2 is 1.65 bits per heavy atom. The average molecular weight is 514 g/mol. The van der Waals surface area contributed by atoms with Crippen molar-refractivity contribution in [2.75, 3.05) is 10.1 Å². The van der Waals surface area contributed by atoms with Gasteiger partial charge in [-0.1, -0.05) is 42.5 Å². The number of nitrogens with one attached hydrogen (secondary N) is 2. The molecule has 0 atom stereocenters. The van der Waals surface area contributed by atoms with Gasteiger partial charge >= 0.3 is 0 Å². The van der Waals surface area contributed by atoms with Crippen molar-refractivity contribution >= 4 is 55.1 Å². The fraction of sp³-hybridized carbons (Fsp3) is 0.0741. The van der Waals surface area contributed by atoms with Crippen LogP contribution in [0.25, 0.3) is 21.8 Å². The van der Waals surface area contributed by atoms with Gasteiger partial charge in [-0.15, -0.1) is 0 Å². The number of para-hydroxylation sites is 2. The molecule has 0 saturated carbocycles. The van der Waals surface area contributed by atoms with Gasteiger partial charge in [0.2, 0.25) is 0 Å². The van der Waals surface area contributed by atoms with Crippen LogP contribution in [0.2, 0.25) is 0 Å². The number of hydrogen-bond donors (Lipinski definition) is 2. The number of nitro benzene ring substituents is 1. The number of hydrazone groups is 1. The maximum atomic E-state index is 12.7. The van der Waals surface area contributed by atoms with Crippen LogP contribution in [0, 0.1) is 10.1 Å². The molecule has 37 heavy (non-hydrogen) atoms. The van der Waals surface area contributed by atoms with Crippen LogP contribution in [-0.2, 0) is 16.6 Å². The molecule has 5 rings (SSSR count). The van der Waals surface area contributed by atoms with E-state index in [1.54, 1.807) is 36.5 Å². The normalized spacial score (nSPS) is 11.8. The largest absolute Gasteiger partial charge is 0.341 e. The highest BCUT2D eigenvalue weighted by Gasteiger charge is 2.21. The Balaban J connectivity index is 1.41. The zero-order chi connectivity index (χ0) is 26.0. The molecule has 4 aromatic carbocycles. The third-order valence-corrected chi connectivity index (χ3v) is 7.39. The lowest BCUT2D eigenvalue weighted by Gasteiger charge is -2.09. The summed E-state index contributed by atoms with van der Waals surface area (Å²) in [6.07, 6.45) is 1.57. The number of nitrogens with zero attached hydrogens (tertiary/aromatic N) is 3. The zero-order valence-corrected chi connectivity index (χ0v) is 20.6. The first kappa shape index (κ1) is 24.0. The Morgan fingerprint density at radius 1 is 0.919 bits per heavy atom. The molecule has 1 heterocycles. The van der Waals surface area contributed by atoms with Crippen LogP contribution >= 0.6 is 0 Å². The summed E-state index contributed by atoms with van der Waals surface area (Å²) in [6, 6.07) is 26.1. The number of aromatic nitrogens is 1. The molecule has 0 unspecified atom stereocenters. The second-order valence-electron chi connectivity index (χ2n) is 8.32. The third kappa shape index (κ3) is 4.74. The van der Waals surface area contributed by atoms with Crippen LogP contribution in [0.5, 0.6) is 0 Å². The van der Waals surface area contributed by atoms with E-state index in [4.69, 9.17) is 0 Å². The first-order valence-corrected chi connectivity index (χ1v) is 13.0. The lowest BCUT2D eigenvalue weighted by atomic mass is 10.1. The van der Waals surface area contributed by atoms with Crippen molar-refractivity contribution in [2.24, 2.45) is 5.10 Å². The van der Waals surface area contributed by atoms with E-state index in [2.05, 4.69) is 38.9 Å². The van der Waals surface area contributed by atoms with Gasteiger partial charge in [-0.2, -0.15) is 5.10 Å². The molecule has 0 aliphatic carbocycles. The number of anilines is 2. The molecule has 0 spiro atoms. The van der Waals surface area contributed by atoms with E-state index in [0.717, 1.165) is 40.0 Å². The number of fused-ring (bicyclic) bond motifs is 3. The second kappa shape index (κ2) is 9.75.